The maximum Gasteiger partial charge on any atom is 0.258 e. The molecule has 0 saturated heterocycles. The van der Waals surface area contributed by atoms with Crippen molar-refractivity contribution in [3.05, 3.63) is 71.3 Å². The van der Waals surface area contributed by atoms with E-state index >= 15 is 0 Å². The van der Waals surface area contributed by atoms with Crippen LogP contribution < -0.4 is 10.3 Å². The van der Waals surface area contributed by atoms with Crippen LogP contribution in [0.4, 0.5) is 0 Å². The van der Waals surface area contributed by atoms with Crippen molar-refractivity contribution in [3.8, 4) is 11.1 Å². The van der Waals surface area contributed by atoms with Crippen LogP contribution in [0, 0.1) is 0 Å². The van der Waals surface area contributed by atoms with Crippen LogP contribution in [0.15, 0.2) is 65.7 Å². The lowest BCUT2D eigenvalue weighted by Crippen LogP contribution is -2.17. The number of hydrogen-bond acceptors (Lipinski definition) is 4. The summed E-state index contributed by atoms with van der Waals surface area (Å²) in [4.78, 5) is 25.9. The van der Waals surface area contributed by atoms with Crippen molar-refractivity contribution in [2.24, 2.45) is 0 Å². The molecule has 27 heavy (non-hydrogen) atoms. The number of H-pyrrole nitrogens is 1. The highest BCUT2D eigenvalue weighted by Crippen LogP contribution is 2.28. The number of carbonyl (C=O) groups is 1. The average molecular weight is 376 g/mol. The smallest absolute Gasteiger partial charge is 0.258 e. The van der Waals surface area contributed by atoms with Gasteiger partial charge < -0.3 is 4.98 Å². The molecule has 5 rings (SSSR count). The monoisotopic (exact) mass is 376 g/mol. The summed E-state index contributed by atoms with van der Waals surface area (Å²) < 4.78 is 15.8. The van der Waals surface area contributed by atoms with Gasteiger partial charge in [-0.05, 0) is 46.8 Å². The van der Waals surface area contributed by atoms with Gasteiger partial charge in [-0.15, -0.1) is 0 Å². The molecule has 3 heterocycles. The summed E-state index contributed by atoms with van der Waals surface area (Å²) in [6.07, 6.45) is 4.59. The fraction of sp³-hybridized carbons (Fsp3) is 0. The minimum absolute atomic E-state index is 0.114. The third-order valence-electron chi connectivity index (χ3n) is 4.52. The first-order valence-electron chi connectivity index (χ1n) is 8.14. The van der Waals surface area contributed by atoms with Crippen molar-refractivity contribution < 1.29 is 9.00 Å². The number of pyridine rings is 1. The van der Waals surface area contributed by atoms with Crippen molar-refractivity contribution in [1.82, 2.24) is 19.5 Å². The number of aromatic amines is 1. The summed E-state index contributed by atoms with van der Waals surface area (Å²) in [5, 5.41) is 6.95. The zero-order chi connectivity index (χ0) is 18.5. The van der Waals surface area contributed by atoms with Gasteiger partial charge in [-0.25, -0.2) is 8.89 Å². The molecular weight excluding hydrogens is 364 g/mol. The molecule has 1 aliphatic rings. The number of nitrogens with zero attached hydrogens (tertiary/aromatic N) is 2. The number of nitrogens with one attached hydrogen (secondary N) is 2. The standard InChI is InChI=1S/C19H12N4O3S/c24-17-9-18(27(26)22-17)23-16-4-2-12(8-14(16)10-21-23)11-1-3-15-13(7-11)5-6-20-19(15)25/h1-10H,(H,20,25)(H,22,24). The second kappa shape index (κ2) is 5.75. The Labute approximate surface area is 154 Å². The van der Waals surface area contributed by atoms with Crippen molar-refractivity contribution in [3.63, 3.8) is 0 Å². The van der Waals surface area contributed by atoms with Crippen LogP contribution in [0.25, 0.3) is 37.8 Å². The van der Waals surface area contributed by atoms with Crippen molar-refractivity contribution in [2.75, 3.05) is 0 Å². The molecule has 2 N–H and O–H groups in total. The van der Waals surface area contributed by atoms with Gasteiger partial charge in [0.05, 0.1) is 11.7 Å². The first-order chi connectivity index (χ1) is 13.1. The molecule has 4 aromatic rings. The number of fused-ring (bicyclic) bond motifs is 2. The maximum atomic E-state index is 12.0. The van der Waals surface area contributed by atoms with Gasteiger partial charge in [0, 0.05) is 23.0 Å². The van der Waals surface area contributed by atoms with Crippen LogP contribution in [0.5, 0.6) is 0 Å². The van der Waals surface area contributed by atoms with Gasteiger partial charge in [0.25, 0.3) is 11.5 Å². The first kappa shape index (κ1) is 15.7. The van der Waals surface area contributed by atoms with E-state index in [0.29, 0.717) is 10.4 Å². The van der Waals surface area contributed by atoms with Crippen LogP contribution in [-0.4, -0.2) is 24.9 Å². The predicted octanol–water partition coefficient (Wildman–Crippen LogP) is 2.14. The number of aromatic nitrogens is 3. The van der Waals surface area contributed by atoms with E-state index < -0.39 is 16.9 Å². The molecule has 0 saturated carbocycles. The molecule has 1 amide bonds. The number of benzene rings is 2. The van der Waals surface area contributed by atoms with E-state index in [1.165, 1.54) is 10.8 Å². The van der Waals surface area contributed by atoms with Gasteiger partial charge >= 0.3 is 0 Å². The third kappa shape index (κ3) is 2.49. The highest BCUT2D eigenvalue weighted by molar-refractivity contribution is 7.93. The Hall–Kier alpha value is -3.52. The lowest BCUT2D eigenvalue weighted by Gasteiger charge is -2.06. The zero-order valence-electron chi connectivity index (χ0n) is 13.8. The van der Waals surface area contributed by atoms with Crippen molar-refractivity contribution >= 4 is 43.6 Å². The van der Waals surface area contributed by atoms with Gasteiger partial charge in [-0.1, -0.05) is 12.1 Å². The normalized spacial score (nSPS) is 16.7. The Morgan fingerprint density at radius 2 is 1.74 bits per heavy atom. The molecular formula is C19H12N4O3S. The number of carbonyl (C=O) groups excluding carboxylic acids is 1. The Bertz CT molecular complexity index is 1370. The Balaban J connectivity index is 1.62. The molecule has 1 unspecified atom stereocenters. The fourth-order valence-corrected chi connectivity index (χ4v) is 4.10. The quantitative estimate of drug-likeness (QED) is 0.560. The van der Waals surface area contributed by atoms with Crippen LogP contribution in [0.2, 0.25) is 0 Å². The van der Waals surface area contributed by atoms with Gasteiger partial charge in [-0.3, -0.25) is 14.3 Å². The molecule has 1 atom stereocenters. The van der Waals surface area contributed by atoms with E-state index in [1.807, 2.05) is 36.4 Å². The second-order valence-electron chi connectivity index (χ2n) is 6.16. The van der Waals surface area contributed by atoms with E-state index in [2.05, 4.69) is 14.8 Å². The SMILES string of the molecule is O=C1C=C(n2ncc3cc(-c4ccc5c(=O)[nH]ccc5c4)ccc32)S(=O)N1. The first-order valence-corrected chi connectivity index (χ1v) is 9.29. The number of hydrogen-bond donors (Lipinski definition) is 2. The van der Waals surface area contributed by atoms with Gasteiger partial charge in [-0.2, -0.15) is 5.10 Å². The summed E-state index contributed by atoms with van der Waals surface area (Å²) in [7, 11) is -1.61. The van der Waals surface area contributed by atoms with Crippen molar-refractivity contribution in [1.29, 1.82) is 0 Å². The molecule has 0 radical (unpaired) electrons. The molecule has 1 aliphatic heterocycles. The van der Waals surface area contributed by atoms with Gasteiger partial charge in [0.15, 0.2) is 16.0 Å². The summed E-state index contributed by atoms with van der Waals surface area (Å²) in [5.74, 6) is -0.394. The largest absolute Gasteiger partial charge is 0.329 e. The predicted molar refractivity (Wildman–Crippen MR) is 104 cm³/mol. The molecule has 8 heteroatoms. The summed E-state index contributed by atoms with van der Waals surface area (Å²) in [6.45, 7) is 0. The molecule has 2 aromatic carbocycles. The van der Waals surface area contributed by atoms with Crippen LogP contribution in [-0.2, 0) is 15.8 Å². The average Bonchev–Trinajstić information content (AvgIpc) is 3.23. The van der Waals surface area contributed by atoms with Gasteiger partial charge in [0.1, 0.15) is 0 Å². The second-order valence-corrected chi connectivity index (χ2v) is 7.32. The summed E-state index contributed by atoms with van der Waals surface area (Å²) in [6, 6.07) is 13.3. The van der Waals surface area contributed by atoms with E-state index in [4.69, 9.17) is 0 Å². The molecule has 0 spiro atoms. The van der Waals surface area contributed by atoms with Crippen molar-refractivity contribution in [2.45, 2.75) is 0 Å². The maximum absolute atomic E-state index is 12.0. The summed E-state index contributed by atoms with van der Waals surface area (Å²) >= 11 is 0. The van der Waals surface area contributed by atoms with E-state index in [1.54, 1.807) is 18.5 Å². The van der Waals surface area contributed by atoms with E-state index in [9.17, 15) is 13.8 Å². The molecule has 7 nitrogen and oxygen atoms in total. The molecule has 0 bridgehead atoms. The van der Waals surface area contributed by atoms with Crippen LogP contribution >= 0.6 is 0 Å². The Kier molecular flexibility index (Phi) is 3.34. The fourth-order valence-electron chi connectivity index (χ4n) is 3.24. The zero-order valence-corrected chi connectivity index (χ0v) is 14.6. The van der Waals surface area contributed by atoms with Crippen LogP contribution in [0.1, 0.15) is 0 Å². The van der Waals surface area contributed by atoms with E-state index in [-0.39, 0.29) is 5.56 Å². The highest BCUT2D eigenvalue weighted by Gasteiger charge is 2.23. The minimum atomic E-state index is -1.61. The molecule has 0 aliphatic carbocycles. The molecule has 132 valence electrons. The molecule has 0 fully saturated rings. The minimum Gasteiger partial charge on any atom is -0.329 e. The number of amides is 1. The molecule has 2 aromatic heterocycles. The summed E-state index contributed by atoms with van der Waals surface area (Å²) in [5.41, 5.74) is 2.59. The number of rotatable bonds is 2. The lowest BCUT2D eigenvalue weighted by molar-refractivity contribution is -0.114. The van der Waals surface area contributed by atoms with E-state index in [0.717, 1.165) is 27.4 Å². The van der Waals surface area contributed by atoms with Gasteiger partial charge in [0.2, 0.25) is 0 Å². The third-order valence-corrected chi connectivity index (χ3v) is 5.58. The van der Waals surface area contributed by atoms with Crippen LogP contribution in [0.3, 0.4) is 0 Å². The lowest BCUT2D eigenvalue weighted by atomic mass is 10.0. The highest BCUT2D eigenvalue weighted by atomic mass is 32.2. The topological polar surface area (TPSA) is 96.8 Å². The Morgan fingerprint density at radius 1 is 0.963 bits per heavy atom. The Morgan fingerprint density at radius 3 is 2.52 bits per heavy atom.